The minimum absolute atomic E-state index is 0.173. The van der Waals surface area contributed by atoms with Gasteiger partial charge in [-0.05, 0) is 38.1 Å². The number of hydrogen-bond acceptors (Lipinski definition) is 7. The molecule has 1 aliphatic heterocycles. The fourth-order valence-corrected chi connectivity index (χ4v) is 4.95. The summed E-state index contributed by atoms with van der Waals surface area (Å²) in [6.45, 7) is 5.08. The molecule has 9 nitrogen and oxygen atoms in total. The number of aromatic nitrogens is 4. The second-order valence-electron chi connectivity index (χ2n) is 6.38. The summed E-state index contributed by atoms with van der Waals surface area (Å²) in [6.07, 6.45) is 3.81. The van der Waals surface area contributed by atoms with Crippen LogP contribution in [0.15, 0.2) is 46.1 Å². The molecule has 1 saturated heterocycles. The molecule has 0 N–H and O–H groups in total. The Morgan fingerprint density at radius 1 is 0.963 bits per heavy atom. The second-order valence-corrected chi connectivity index (χ2v) is 8.26. The topological polar surface area (TPSA) is 97.4 Å². The molecule has 27 heavy (non-hydrogen) atoms. The Kier molecular flexibility index (Phi) is 4.44. The molecule has 0 radical (unpaired) electrons. The Balaban J connectivity index is 1.46. The molecule has 0 aliphatic carbocycles. The first kappa shape index (κ1) is 17.7. The first-order valence-corrected chi connectivity index (χ1v) is 10.1. The van der Waals surface area contributed by atoms with Gasteiger partial charge in [0.25, 0.3) is 0 Å². The van der Waals surface area contributed by atoms with Gasteiger partial charge in [-0.2, -0.15) is 4.31 Å². The van der Waals surface area contributed by atoms with Crippen molar-refractivity contribution in [2.24, 2.45) is 0 Å². The third-order valence-corrected chi connectivity index (χ3v) is 6.78. The monoisotopic (exact) mass is 388 g/mol. The zero-order valence-electron chi connectivity index (χ0n) is 15.1. The van der Waals surface area contributed by atoms with E-state index in [0.29, 0.717) is 37.6 Å². The van der Waals surface area contributed by atoms with E-state index in [4.69, 9.17) is 4.52 Å². The summed E-state index contributed by atoms with van der Waals surface area (Å²) < 4.78 is 34.1. The molecule has 1 fully saturated rings. The summed E-state index contributed by atoms with van der Waals surface area (Å²) in [5.41, 5.74) is 0.390. The summed E-state index contributed by atoms with van der Waals surface area (Å²) in [7, 11) is -3.61. The predicted molar refractivity (Wildman–Crippen MR) is 98.3 cm³/mol. The van der Waals surface area contributed by atoms with Crippen molar-refractivity contribution < 1.29 is 12.9 Å². The molecule has 0 atom stereocenters. The van der Waals surface area contributed by atoms with E-state index in [1.165, 1.54) is 4.31 Å². The molecular formula is C17H20N6O3S. The average Bonchev–Trinajstić information content (AvgIpc) is 3.32. The molecule has 10 heteroatoms. The highest BCUT2D eigenvalue weighted by molar-refractivity contribution is 7.89. The molecule has 0 saturated carbocycles. The number of piperazine rings is 1. The molecular weight excluding hydrogens is 368 g/mol. The van der Waals surface area contributed by atoms with Gasteiger partial charge < -0.3 is 14.0 Å². The van der Waals surface area contributed by atoms with E-state index in [0.717, 1.165) is 11.6 Å². The summed E-state index contributed by atoms with van der Waals surface area (Å²) in [5.74, 6) is 1.80. The normalized spacial score (nSPS) is 16.0. The Morgan fingerprint density at radius 3 is 2.15 bits per heavy atom. The number of rotatable bonds is 4. The van der Waals surface area contributed by atoms with E-state index in [9.17, 15) is 8.42 Å². The van der Waals surface area contributed by atoms with Gasteiger partial charge in [0.2, 0.25) is 10.0 Å². The molecule has 3 aromatic rings. The van der Waals surface area contributed by atoms with Crippen molar-refractivity contribution in [2.45, 2.75) is 18.7 Å². The Labute approximate surface area is 157 Å². The highest BCUT2D eigenvalue weighted by atomic mass is 32.2. The largest absolute Gasteiger partial charge is 0.360 e. The van der Waals surface area contributed by atoms with Crippen LogP contribution in [0.25, 0.3) is 5.82 Å². The quantitative estimate of drug-likeness (QED) is 0.666. The van der Waals surface area contributed by atoms with Crippen molar-refractivity contribution in [3.8, 4) is 5.82 Å². The third-order valence-electron chi connectivity index (χ3n) is 4.63. The Morgan fingerprint density at radius 2 is 1.59 bits per heavy atom. The standard InChI is InChI=1S/C17H20N6O3S/c1-13-17(14(2)26-20-13)27(24,25)23-11-9-22(10-12-23)16-6-5-15(18-19-16)21-7-3-4-8-21/h3-8H,9-12H2,1-2H3. The number of nitrogens with zero attached hydrogens (tertiary/aromatic N) is 6. The van der Waals surface area contributed by atoms with Crippen molar-refractivity contribution in [1.29, 1.82) is 0 Å². The first-order valence-electron chi connectivity index (χ1n) is 8.62. The number of anilines is 1. The first-order chi connectivity index (χ1) is 13.0. The molecule has 0 spiro atoms. The predicted octanol–water partition coefficient (Wildman–Crippen LogP) is 1.38. The lowest BCUT2D eigenvalue weighted by Crippen LogP contribution is -2.49. The van der Waals surface area contributed by atoms with Gasteiger partial charge in [-0.25, -0.2) is 8.42 Å². The van der Waals surface area contributed by atoms with Gasteiger partial charge in [0.15, 0.2) is 17.4 Å². The molecule has 0 aromatic carbocycles. The van der Waals surface area contributed by atoms with Crippen LogP contribution in [0.3, 0.4) is 0 Å². The highest BCUT2D eigenvalue weighted by Crippen LogP contribution is 2.25. The van der Waals surface area contributed by atoms with Crippen molar-refractivity contribution in [1.82, 2.24) is 24.2 Å². The summed E-state index contributed by atoms with van der Waals surface area (Å²) in [4.78, 5) is 2.21. The van der Waals surface area contributed by atoms with Crippen LogP contribution >= 0.6 is 0 Å². The van der Waals surface area contributed by atoms with Gasteiger partial charge in [-0.3, -0.25) is 0 Å². The maximum atomic E-state index is 12.9. The highest BCUT2D eigenvalue weighted by Gasteiger charge is 2.33. The smallest absolute Gasteiger partial charge is 0.248 e. The molecule has 3 aromatic heterocycles. The molecule has 142 valence electrons. The van der Waals surface area contributed by atoms with Crippen molar-refractivity contribution in [3.63, 3.8) is 0 Å². The van der Waals surface area contributed by atoms with Crippen LogP contribution in [0, 0.1) is 13.8 Å². The fraction of sp³-hybridized carbons (Fsp3) is 0.353. The lowest BCUT2D eigenvalue weighted by atomic mass is 10.3. The van der Waals surface area contributed by atoms with E-state index in [-0.39, 0.29) is 4.90 Å². The lowest BCUT2D eigenvalue weighted by molar-refractivity contribution is 0.377. The molecule has 4 heterocycles. The summed E-state index contributed by atoms with van der Waals surface area (Å²) in [5, 5.41) is 12.3. The lowest BCUT2D eigenvalue weighted by Gasteiger charge is -2.34. The van der Waals surface area contributed by atoms with Crippen LogP contribution in [-0.2, 0) is 10.0 Å². The SMILES string of the molecule is Cc1noc(C)c1S(=O)(=O)N1CCN(c2ccc(-n3cccc3)nn2)CC1. The van der Waals surface area contributed by atoms with Crippen LogP contribution in [0.4, 0.5) is 5.82 Å². The van der Waals surface area contributed by atoms with Crippen LogP contribution in [0.2, 0.25) is 0 Å². The Bertz CT molecular complexity index is 1000. The van der Waals surface area contributed by atoms with Crippen LogP contribution in [0.5, 0.6) is 0 Å². The molecule has 0 amide bonds. The summed E-state index contributed by atoms with van der Waals surface area (Å²) in [6, 6.07) is 7.65. The van der Waals surface area contributed by atoms with Gasteiger partial charge in [-0.15, -0.1) is 10.2 Å². The van der Waals surface area contributed by atoms with Crippen LogP contribution in [-0.4, -0.2) is 58.8 Å². The molecule has 0 unspecified atom stereocenters. The fourth-order valence-electron chi connectivity index (χ4n) is 3.24. The van der Waals surface area contributed by atoms with Crippen molar-refractivity contribution in [3.05, 3.63) is 48.1 Å². The Hall–Kier alpha value is -2.72. The summed E-state index contributed by atoms with van der Waals surface area (Å²) >= 11 is 0. The number of sulfonamides is 1. The zero-order valence-corrected chi connectivity index (χ0v) is 15.9. The van der Waals surface area contributed by atoms with Crippen LogP contribution in [0.1, 0.15) is 11.5 Å². The maximum absolute atomic E-state index is 12.9. The van der Waals surface area contributed by atoms with Gasteiger partial charge in [0, 0.05) is 38.6 Å². The minimum Gasteiger partial charge on any atom is -0.360 e. The molecule has 1 aliphatic rings. The van der Waals surface area contributed by atoms with Gasteiger partial charge >= 0.3 is 0 Å². The van der Waals surface area contributed by atoms with E-state index in [1.807, 2.05) is 46.1 Å². The van der Waals surface area contributed by atoms with Gasteiger partial charge in [0.05, 0.1) is 0 Å². The molecule has 4 rings (SSSR count). The van der Waals surface area contributed by atoms with Gasteiger partial charge in [0.1, 0.15) is 10.6 Å². The average molecular weight is 388 g/mol. The molecule has 0 bridgehead atoms. The minimum atomic E-state index is -3.61. The maximum Gasteiger partial charge on any atom is 0.248 e. The van der Waals surface area contributed by atoms with E-state index in [1.54, 1.807) is 13.8 Å². The van der Waals surface area contributed by atoms with Crippen molar-refractivity contribution >= 4 is 15.8 Å². The van der Waals surface area contributed by atoms with Crippen LogP contribution < -0.4 is 4.90 Å². The van der Waals surface area contributed by atoms with Crippen molar-refractivity contribution in [2.75, 3.05) is 31.1 Å². The third kappa shape index (κ3) is 3.21. The van der Waals surface area contributed by atoms with E-state index in [2.05, 4.69) is 15.4 Å². The zero-order chi connectivity index (χ0) is 19.0. The van der Waals surface area contributed by atoms with E-state index < -0.39 is 10.0 Å². The van der Waals surface area contributed by atoms with E-state index >= 15 is 0 Å². The second kappa shape index (κ2) is 6.78. The number of aryl methyl sites for hydroxylation is 2. The number of hydrogen-bond donors (Lipinski definition) is 0. The van der Waals surface area contributed by atoms with Gasteiger partial charge in [-0.1, -0.05) is 5.16 Å².